The summed E-state index contributed by atoms with van der Waals surface area (Å²) in [7, 11) is 0. The summed E-state index contributed by atoms with van der Waals surface area (Å²) in [6, 6.07) is 5.99. The molecule has 0 radical (unpaired) electrons. The fourth-order valence-electron chi connectivity index (χ4n) is 1.61. The average Bonchev–Trinajstić information content (AvgIpc) is 2.27. The van der Waals surface area contributed by atoms with E-state index in [1.165, 1.54) is 5.57 Å². The number of nitrogens with one attached hydrogen (secondary N) is 1. The highest BCUT2D eigenvalue weighted by Gasteiger charge is 2.09. The van der Waals surface area contributed by atoms with Crippen LogP contribution in [0.1, 0.15) is 38.8 Å². The zero-order chi connectivity index (χ0) is 12.8. The van der Waals surface area contributed by atoms with Gasteiger partial charge in [-0.25, -0.2) is 0 Å². The summed E-state index contributed by atoms with van der Waals surface area (Å²) >= 11 is 12.0. The second-order valence-electron chi connectivity index (χ2n) is 4.35. The number of rotatable bonds is 5. The van der Waals surface area contributed by atoms with Crippen LogP contribution in [0.5, 0.6) is 0 Å². The number of hydrogen-bond donors (Lipinski definition) is 1. The molecular weight excluding hydrogens is 253 g/mol. The molecule has 0 heterocycles. The van der Waals surface area contributed by atoms with Crippen molar-refractivity contribution in [2.24, 2.45) is 0 Å². The topological polar surface area (TPSA) is 12.0 Å². The van der Waals surface area contributed by atoms with Gasteiger partial charge in [0.15, 0.2) is 0 Å². The van der Waals surface area contributed by atoms with Gasteiger partial charge in [-0.15, -0.1) is 0 Å². The lowest BCUT2D eigenvalue weighted by Crippen LogP contribution is -2.20. The molecule has 0 aliphatic rings. The second kappa shape index (κ2) is 7.05. The van der Waals surface area contributed by atoms with E-state index in [0.29, 0.717) is 10.0 Å². The van der Waals surface area contributed by atoms with Crippen molar-refractivity contribution >= 4 is 23.2 Å². The van der Waals surface area contributed by atoms with Crippen LogP contribution < -0.4 is 5.32 Å². The molecule has 0 aliphatic carbocycles. The van der Waals surface area contributed by atoms with Crippen LogP contribution in [0.15, 0.2) is 29.8 Å². The maximum Gasteiger partial charge on any atom is 0.0595 e. The van der Waals surface area contributed by atoms with Crippen molar-refractivity contribution in [3.05, 3.63) is 45.5 Å². The van der Waals surface area contributed by atoms with Gasteiger partial charge >= 0.3 is 0 Å². The normalized spacial score (nSPS) is 12.3. The van der Waals surface area contributed by atoms with Crippen molar-refractivity contribution in [3.8, 4) is 0 Å². The third kappa shape index (κ3) is 4.71. The van der Waals surface area contributed by atoms with Gasteiger partial charge in [0.1, 0.15) is 0 Å². The van der Waals surface area contributed by atoms with Crippen LogP contribution >= 0.6 is 23.2 Å². The molecule has 0 aromatic heterocycles. The fraction of sp³-hybridized carbons (Fsp3) is 0.429. The van der Waals surface area contributed by atoms with E-state index in [2.05, 4.69) is 32.2 Å². The Bertz CT molecular complexity index is 395. The van der Waals surface area contributed by atoms with Crippen molar-refractivity contribution in [2.45, 2.75) is 33.2 Å². The Morgan fingerprint density at radius 2 is 2.00 bits per heavy atom. The molecule has 1 rings (SSSR count). The number of hydrogen-bond acceptors (Lipinski definition) is 1. The smallest absolute Gasteiger partial charge is 0.0595 e. The van der Waals surface area contributed by atoms with Crippen LogP contribution in [0.2, 0.25) is 10.0 Å². The van der Waals surface area contributed by atoms with Gasteiger partial charge in [0.25, 0.3) is 0 Å². The first-order valence-electron chi connectivity index (χ1n) is 5.88. The zero-order valence-electron chi connectivity index (χ0n) is 10.6. The van der Waals surface area contributed by atoms with Crippen molar-refractivity contribution in [1.82, 2.24) is 5.32 Å². The first-order valence-corrected chi connectivity index (χ1v) is 6.63. The van der Waals surface area contributed by atoms with E-state index in [0.717, 1.165) is 18.5 Å². The lowest BCUT2D eigenvalue weighted by Gasteiger charge is -2.16. The molecule has 1 nitrogen and oxygen atoms in total. The Hall–Kier alpha value is -0.500. The lowest BCUT2D eigenvalue weighted by atomic mass is 10.0. The van der Waals surface area contributed by atoms with E-state index in [4.69, 9.17) is 23.2 Å². The van der Waals surface area contributed by atoms with E-state index in [-0.39, 0.29) is 6.04 Å². The highest BCUT2D eigenvalue weighted by Crippen LogP contribution is 2.26. The highest BCUT2D eigenvalue weighted by atomic mass is 35.5. The first kappa shape index (κ1) is 14.6. The van der Waals surface area contributed by atoms with Gasteiger partial charge in [0.05, 0.1) is 16.1 Å². The molecule has 1 atom stereocenters. The highest BCUT2D eigenvalue weighted by molar-refractivity contribution is 6.42. The first-order chi connectivity index (χ1) is 8.04. The molecule has 0 fully saturated rings. The molecule has 17 heavy (non-hydrogen) atoms. The van der Waals surface area contributed by atoms with Crippen molar-refractivity contribution in [2.75, 3.05) is 6.54 Å². The Labute approximate surface area is 114 Å². The maximum absolute atomic E-state index is 6.05. The van der Waals surface area contributed by atoms with Crippen molar-refractivity contribution in [3.63, 3.8) is 0 Å². The zero-order valence-corrected chi connectivity index (χ0v) is 12.1. The van der Waals surface area contributed by atoms with Crippen LogP contribution in [-0.2, 0) is 0 Å². The minimum absolute atomic E-state index is 0.203. The molecule has 1 N–H and O–H groups in total. The maximum atomic E-state index is 6.05. The summed E-state index contributed by atoms with van der Waals surface area (Å²) < 4.78 is 0. The molecule has 0 spiro atoms. The predicted molar refractivity (Wildman–Crippen MR) is 76.9 cm³/mol. The summed E-state index contributed by atoms with van der Waals surface area (Å²) in [6.07, 6.45) is 3.31. The third-order valence-electron chi connectivity index (χ3n) is 2.42. The Morgan fingerprint density at radius 1 is 1.29 bits per heavy atom. The Kier molecular flexibility index (Phi) is 6.04. The van der Waals surface area contributed by atoms with Gasteiger partial charge in [-0.05, 0) is 44.5 Å². The minimum atomic E-state index is 0.203. The molecule has 3 heteroatoms. The monoisotopic (exact) mass is 271 g/mol. The Morgan fingerprint density at radius 3 is 2.53 bits per heavy atom. The third-order valence-corrected chi connectivity index (χ3v) is 3.16. The summed E-state index contributed by atoms with van der Waals surface area (Å²) in [5.41, 5.74) is 2.43. The van der Waals surface area contributed by atoms with Crippen molar-refractivity contribution < 1.29 is 0 Å². The molecule has 1 aromatic carbocycles. The Balaban J connectivity index is 2.95. The van der Waals surface area contributed by atoms with Crippen LogP contribution in [-0.4, -0.2) is 6.54 Å². The van der Waals surface area contributed by atoms with E-state index in [1.807, 2.05) is 18.2 Å². The second-order valence-corrected chi connectivity index (χ2v) is 5.16. The van der Waals surface area contributed by atoms with Gasteiger partial charge in [0, 0.05) is 0 Å². The fourth-order valence-corrected chi connectivity index (χ4v) is 1.92. The molecule has 0 saturated heterocycles. The molecule has 0 amide bonds. The number of halogens is 2. The van der Waals surface area contributed by atoms with Gasteiger partial charge in [0.2, 0.25) is 0 Å². The SMILES string of the molecule is CCCNC(C=C(C)C)c1ccc(Cl)c(Cl)c1. The van der Waals surface area contributed by atoms with Crippen LogP contribution in [0.25, 0.3) is 0 Å². The van der Waals surface area contributed by atoms with Crippen LogP contribution in [0.4, 0.5) is 0 Å². The summed E-state index contributed by atoms with van der Waals surface area (Å²) in [6.45, 7) is 7.33. The molecule has 1 unspecified atom stereocenters. The molecule has 0 bridgehead atoms. The van der Waals surface area contributed by atoms with Crippen LogP contribution in [0, 0.1) is 0 Å². The summed E-state index contributed by atoms with van der Waals surface area (Å²) in [5, 5.41) is 4.69. The average molecular weight is 272 g/mol. The minimum Gasteiger partial charge on any atom is -0.307 e. The molecule has 1 aromatic rings. The molecule has 94 valence electrons. The van der Waals surface area contributed by atoms with Gasteiger partial charge in [-0.2, -0.15) is 0 Å². The van der Waals surface area contributed by atoms with E-state index >= 15 is 0 Å². The van der Waals surface area contributed by atoms with E-state index < -0.39 is 0 Å². The van der Waals surface area contributed by atoms with Crippen LogP contribution in [0.3, 0.4) is 0 Å². The summed E-state index contributed by atoms with van der Waals surface area (Å²) in [5.74, 6) is 0. The molecule has 0 aliphatic heterocycles. The number of benzene rings is 1. The number of allylic oxidation sites excluding steroid dienone is 1. The quantitative estimate of drug-likeness (QED) is 0.744. The van der Waals surface area contributed by atoms with Gasteiger partial charge < -0.3 is 5.32 Å². The molecular formula is C14H19Cl2N. The standard InChI is InChI=1S/C14H19Cl2N/c1-4-7-17-14(8-10(2)3)11-5-6-12(15)13(16)9-11/h5-6,8-9,14,17H,4,7H2,1-3H3. The molecule has 0 saturated carbocycles. The van der Waals surface area contributed by atoms with Gasteiger partial charge in [-0.1, -0.05) is 47.8 Å². The lowest BCUT2D eigenvalue weighted by molar-refractivity contribution is 0.610. The van der Waals surface area contributed by atoms with Crippen molar-refractivity contribution in [1.29, 1.82) is 0 Å². The summed E-state index contributed by atoms with van der Waals surface area (Å²) in [4.78, 5) is 0. The van der Waals surface area contributed by atoms with E-state index in [1.54, 1.807) is 0 Å². The van der Waals surface area contributed by atoms with E-state index in [9.17, 15) is 0 Å². The largest absolute Gasteiger partial charge is 0.307 e. The predicted octanol–water partition coefficient (Wildman–Crippen LogP) is 5.00. The van der Waals surface area contributed by atoms with Gasteiger partial charge in [-0.3, -0.25) is 0 Å².